The molecule has 1 aromatic carbocycles. The first-order valence-corrected chi connectivity index (χ1v) is 8.70. The van der Waals surface area contributed by atoms with Gasteiger partial charge in [-0.2, -0.15) is 5.10 Å². The summed E-state index contributed by atoms with van der Waals surface area (Å²) in [4.78, 5) is 20.4. The van der Waals surface area contributed by atoms with Crippen LogP contribution in [0, 0.1) is 20.8 Å². The highest BCUT2D eigenvalue weighted by Crippen LogP contribution is 2.20. The van der Waals surface area contributed by atoms with Gasteiger partial charge in [0.15, 0.2) is 5.65 Å². The Morgan fingerprint density at radius 3 is 2.92 bits per heavy atom. The number of carbonyl (C=O) groups excluding carboxylic acids is 1. The molecule has 0 radical (unpaired) electrons. The van der Waals surface area contributed by atoms with Crippen LogP contribution >= 0.6 is 0 Å². The normalized spacial score (nSPS) is 11.3. The van der Waals surface area contributed by atoms with E-state index in [0.29, 0.717) is 12.1 Å². The van der Waals surface area contributed by atoms with Crippen molar-refractivity contribution in [1.82, 2.24) is 24.9 Å². The molecule has 26 heavy (non-hydrogen) atoms. The van der Waals surface area contributed by atoms with Gasteiger partial charge >= 0.3 is 0 Å². The van der Waals surface area contributed by atoms with E-state index in [1.165, 1.54) is 16.5 Å². The van der Waals surface area contributed by atoms with Crippen molar-refractivity contribution in [3.63, 3.8) is 0 Å². The van der Waals surface area contributed by atoms with Gasteiger partial charge in [0.1, 0.15) is 0 Å². The van der Waals surface area contributed by atoms with Crippen LogP contribution < -0.4 is 5.32 Å². The molecule has 0 unspecified atom stereocenters. The maximum Gasteiger partial charge on any atom is 0.254 e. The molecule has 0 saturated heterocycles. The molecule has 0 aliphatic carbocycles. The quantitative estimate of drug-likeness (QED) is 0.596. The van der Waals surface area contributed by atoms with Gasteiger partial charge in [-0.05, 0) is 44.4 Å². The van der Waals surface area contributed by atoms with E-state index >= 15 is 0 Å². The molecule has 0 fully saturated rings. The molecule has 6 nitrogen and oxygen atoms in total. The first-order valence-electron chi connectivity index (χ1n) is 8.70. The molecule has 132 valence electrons. The number of rotatable bonds is 4. The molecule has 4 rings (SSSR count). The molecule has 0 bridgehead atoms. The van der Waals surface area contributed by atoms with Gasteiger partial charge in [0.05, 0.1) is 23.1 Å². The topological polar surface area (TPSA) is 75.1 Å². The van der Waals surface area contributed by atoms with Crippen molar-refractivity contribution in [2.45, 2.75) is 27.2 Å². The summed E-state index contributed by atoms with van der Waals surface area (Å²) in [5.41, 5.74) is 6.43. The summed E-state index contributed by atoms with van der Waals surface area (Å²) < 4.78 is 1.70. The van der Waals surface area contributed by atoms with E-state index in [-0.39, 0.29) is 5.91 Å². The van der Waals surface area contributed by atoms with E-state index in [1.807, 2.05) is 26.1 Å². The summed E-state index contributed by atoms with van der Waals surface area (Å²) in [6.07, 6.45) is 4.48. The highest BCUT2D eigenvalue weighted by molar-refractivity contribution is 5.96. The van der Waals surface area contributed by atoms with Gasteiger partial charge in [-0.1, -0.05) is 12.1 Å². The van der Waals surface area contributed by atoms with Crippen molar-refractivity contribution < 1.29 is 4.79 Å². The van der Waals surface area contributed by atoms with Crippen molar-refractivity contribution in [3.8, 4) is 0 Å². The minimum absolute atomic E-state index is 0.111. The number of hydrogen-bond acceptors (Lipinski definition) is 3. The predicted molar refractivity (Wildman–Crippen MR) is 102 cm³/mol. The molecule has 1 amide bonds. The zero-order chi connectivity index (χ0) is 18.3. The number of aromatic nitrogens is 4. The molecule has 0 saturated carbocycles. The van der Waals surface area contributed by atoms with Crippen molar-refractivity contribution >= 4 is 22.5 Å². The molecule has 0 aliphatic heterocycles. The predicted octanol–water partition coefficient (Wildman–Crippen LogP) is 3.11. The average molecular weight is 347 g/mol. The van der Waals surface area contributed by atoms with Crippen LogP contribution in [-0.4, -0.2) is 32.0 Å². The van der Waals surface area contributed by atoms with Crippen molar-refractivity contribution in [3.05, 3.63) is 64.7 Å². The SMILES string of the molecule is Cc1ccc2c(CCNC(=O)c3c(C)nc4ccnn4c3C)c[nH]c2c1. The minimum atomic E-state index is -0.111. The third-order valence-corrected chi connectivity index (χ3v) is 4.78. The lowest BCUT2D eigenvalue weighted by Crippen LogP contribution is -2.28. The highest BCUT2D eigenvalue weighted by Gasteiger charge is 2.17. The van der Waals surface area contributed by atoms with E-state index in [0.717, 1.165) is 29.0 Å². The third-order valence-electron chi connectivity index (χ3n) is 4.78. The summed E-state index contributed by atoms with van der Waals surface area (Å²) in [5, 5.41) is 8.46. The Morgan fingerprint density at radius 1 is 1.23 bits per heavy atom. The monoisotopic (exact) mass is 347 g/mol. The smallest absolute Gasteiger partial charge is 0.254 e. The van der Waals surface area contributed by atoms with Crippen LogP contribution in [0.5, 0.6) is 0 Å². The molecule has 0 aliphatic rings. The van der Waals surface area contributed by atoms with Crippen LogP contribution in [0.3, 0.4) is 0 Å². The summed E-state index contributed by atoms with van der Waals surface area (Å²) in [7, 11) is 0. The summed E-state index contributed by atoms with van der Waals surface area (Å²) >= 11 is 0. The Labute approximate surface area is 151 Å². The molecule has 3 aromatic heterocycles. The van der Waals surface area contributed by atoms with Crippen molar-refractivity contribution in [2.24, 2.45) is 0 Å². The fraction of sp³-hybridized carbons (Fsp3) is 0.250. The molecule has 6 heteroatoms. The molecule has 4 aromatic rings. The number of fused-ring (bicyclic) bond motifs is 2. The second-order valence-electron chi connectivity index (χ2n) is 6.63. The van der Waals surface area contributed by atoms with E-state index in [4.69, 9.17) is 0 Å². The van der Waals surface area contributed by atoms with Gasteiger partial charge in [0.2, 0.25) is 0 Å². The maximum atomic E-state index is 12.7. The third kappa shape index (κ3) is 2.73. The maximum absolute atomic E-state index is 12.7. The lowest BCUT2D eigenvalue weighted by molar-refractivity contribution is 0.0952. The Morgan fingerprint density at radius 2 is 2.08 bits per heavy atom. The highest BCUT2D eigenvalue weighted by atomic mass is 16.1. The molecule has 3 heterocycles. The van der Waals surface area contributed by atoms with Gasteiger partial charge in [-0.25, -0.2) is 9.50 Å². The second-order valence-corrected chi connectivity index (χ2v) is 6.63. The molecular weight excluding hydrogens is 326 g/mol. The van der Waals surface area contributed by atoms with Crippen LogP contribution in [0.25, 0.3) is 16.6 Å². The number of nitrogens with one attached hydrogen (secondary N) is 2. The fourth-order valence-corrected chi connectivity index (χ4v) is 3.47. The van der Waals surface area contributed by atoms with E-state index in [9.17, 15) is 4.79 Å². The molecule has 2 N–H and O–H groups in total. The molecular formula is C20H21N5O. The average Bonchev–Trinajstić information content (AvgIpc) is 3.21. The number of aryl methyl sites for hydroxylation is 3. The number of amides is 1. The van der Waals surface area contributed by atoms with Crippen LogP contribution in [0.15, 0.2) is 36.7 Å². The van der Waals surface area contributed by atoms with Crippen LogP contribution in [0.2, 0.25) is 0 Å². The van der Waals surface area contributed by atoms with Crippen molar-refractivity contribution in [1.29, 1.82) is 0 Å². The van der Waals surface area contributed by atoms with Crippen LogP contribution in [-0.2, 0) is 6.42 Å². The standard InChI is InChI=1S/C20H21N5O/c1-12-4-5-16-15(11-22-17(16)10-12)6-8-21-20(26)19-13(2)24-18-7-9-23-25(18)14(19)3/h4-5,7,9-11,22H,6,8H2,1-3H3,(H,21,26). The van der Waals surface area contributed by atoms with E-state index in [2.05, 4.69) is 45.5 Å². The van der Waals surface area contributed by atoms with Crippen LogP contribution in [0.4, 0.5) is 0 Å². The summed E-state index contributed by atoms with van der Waals surface area (Å²) in [6, 6.07) is 8.20. The Balaban J connectivity index is 1.50. The Bertz CT molecular complexity index is 1120. The summed E-state index contributed by atoms with van der Waals surface area (Å²) in [5.74, 6) is -0.111. The number of aromatic amines is 1. The fourth-order valence-electron chi connectivity index (χ4n) is 3.47. The number of nitrogens with zero attached hydrogens (tertiary/aromatic N) is 3. The zero-order valence-corrected chi connectivity index (χ0v) is 15.1. The van der Waals surface area contributed by atoms with E-state index < -0.39 is 0 Å². The lowest BCUT2D eigenvalue weighted by atomic mass is 10.1. The number of carbonyl (C=O) groups is 1. The van der Waals surface area contributed by atoms with Gasteiger partial charge < -0.3 is 10.3 Å². The Kier molecular flexibility index (Phi) is 3.95. The molecule has 0 spiro atoms. The number of benzene rings is 1. The lowest BCUT2D eigenvalue weighted by Gasteiger charge is -2.11. The minimum Gasteiger partial charge on any atom is -0.361 e. The van der Waals surface area contributed by atoms with Crippen molar-refractivity contribution in [2.75, 3.05) is 6.54 Å². The first-order chi connectivity index (χ1) is 12.5. The molecule has 0 atom stereocenters. The van der Waals surface area contributed by atoms with Gasteiger partial charge in [0, 0.05) is 29.7 Å². The van der Waals surface area contributed by atoms with Crippen LogP contribution in [0.1, 0.15) is 32.9 Å². The van der Waals surface area contributed by atoms with Gasteiger partial charge in [0.25, 0.3) is 5.91 Å². The van der Waals surface area contributed by atoms with Gasteiger partial charge in [-0.3, -0.25) is 4.79 Å². The zero-order valence-electron chi connectivity index (χ0n) is 15.1. The van der Waals surface area contributed by atoms with E-state index in [1.54, 1.807) is 10.7 Å². The largest absolute Gasteiger partial charge is 0.361 e. The Hall–Kier alpha value is -3.15. The second kappa shape index (κ2) is 6.29. The summed E-state index contributed by atoms with van der Waals surface area (Å²) in [6.45, 7) is 6.40. The van der Waals surface area contributed by atoms with Gasteiger partial charge in [-0.15, -0.1) is 0 Å². The number of H-pyrrole nitrogens is 1. The number of hydrogen-bond donors (Lipinski definition) is 2. The first kappa shape index (κ1) is 16.3.